The van der Waals surface area contributed by atoms with Crippen LogP contribution in [0.4, 0.5) is 0 Å². The van der Waals surface area contributed by atoms with E-state index >= 15 is 0 Å². The first kappa shape index (κ1) is 15.5. The predicted octanol–water partition coefficient (Wildman–Crippen LogP) is 1.93. The largest absolute Gasteiger partial charge is 0.366 e. The standard InChI is InChI=1S/C14H14ClN3O2S/c15-11-2-1-8(5-10(11)13(17)19)14(20)18-12(6-16)9-3-4-21-7-9/h1-5,7,12H,6,16H2,(H2,17,19)(H,18,20). The third-order valence-corrected chi connectivity index (χ3v) is 4.01. The molecule has 2 aromatic rings. The molecule has 0 aliphatic heterocycles. The van der Waals surface area contributed by atoms with Crippen molar-refractivity contribution in [1.82, 2.24) is 5.32 Å². The smallest absolute Gasteiger partial charge is 0.251 e. The first-order valence-electron chi connectivity index (χ1n) is 6.15. The number of carbonyl (C=O) groups is 2. The maximum Gasteiger partial charge on any atom is 0.251 e. The molecule has 0 bridgehead atoms. The molecule has 5 nitrogen and oxygen atoms in total. The zero-order chi connectivity index (χ0) is 15.4. The second-order valence-electron chi connectivity index (χ2n) is 4.38. The number of halogens is 1. The molecule has 1 aromatic heterocycles. The predicted molar refractivity (Wildman–Crippen MR) is 83.6 cm³/mol. The number of nitrogens with one attached hydrogen (secondary N) is 1. The average Bonchev–Trinajstić information content (AvgIpc) is 2.98. The minimum absolute atomic E-state index is 0.115. The number of amides is 2. The van der Waals surface area contributed by atoms with Gasteiger partial charge in [0.1, 0.15) is 0 Å². The summed E-state index contributed by atoms with van der Waals surface area (Å²) in [6, 6.07) is 6.00. The van der Waals surface area contributed by atoms with Crippen LogP contribution in [0.1, 0.15) is 32.3 Å². The fourth-order valence-corrected chi connectivity index (χ4v) is 2.77. The molecule has 1 unspecified atom stereocenters. The Labute approximate surface area is 130 Å². The fourth-order valence-electron chi connectivity index (χ4n) is 1.85. The van der Waals surface area contributed by atoms with Crippen LogP contribution in [0.2, 0.25) is 5.02 Å². The number of benzene rings is 1. The van der Waals surface area contributed by atoms with Crippen LogP contribution in [0.15, 0.2) is 35.0 Å². The van der Waals surface area contributed by atoms with E-state index in [1.807, 2.05) is 16.8 Å². The van der Waals surface area contributed by atoms with E-state index in [-0.39, 0.29) is 29.1 Å². The molecule has 0 saturated heterocycles. The topological polar surface area (TPSA) is 98.2 Å². The molecular weight excluding hydrogens is 310 g/mol. The lowest BCUT2D eigenvalue weighted by molar-refractivity contribution is 0.0938. The highest BCUT2D eigenvalue weighted by Gasteiger charge is 2.16. The van der Waals surface area contributed by atoms with Gasteiger partial charge in [0.15, 0.2) is 0 Å². The summed E-state index contributed by atoms with van der Waals surface area (Å²) in [5, 5.41) is 6.87. The highest BCUT2D eigenvalue weighted by molar-refractivity contribution is 7.08. The van der Waals surface area contributed by atoms with Crippen molar-refractivity contribution in [1.29, 1.82) is 0 Å². The Morgan fingerprint density at radius 1 is 1.33 bits per heavy atom. The number of rotatable bonds is 5. The molecule has 1 atom stereocenters. The van der Waals surface area contributed by atoms with Gasteiger partial charge in [0.05, 0.1) is 16.6 Å². The van der Waals surface area contributed by atoms with Gasteiger partial charge in [-0.15, -0.1) is 0 Å². The minimum atomic E-state index is -0.678. The lowest BCUT2D eigenvalue weighted by Gasteiger charge is -2.16. The van der Waals surface area contributed by atoms with E-state index in [9.17, 15) is 9.59 Å². The van der Waals surface area contributed by atoms with Crippen LogP contribution < -0.4 is 16.8 Å². The van der Waals surface area contributed by atoms with Crippen molar-refractivity contribution in [2.24, 2.45) is 11.5 Å². The van der Waals surface area contributed by atoms with E-state index in [0.717, 1.165) is 5.56 Å². The van der Waals surface area contributed by atoms with E-state index in [4.69, 9.17) is 23.1 Å². The molecule has 2 amide bonds. The van der Waals surface area contributed by atoms with Crippen molar-refractivity contribution in [3.63, 3.8) is 0 Å². The molecule has 1 aromatic carbocycles. The summed E-state index contributed by atoms with van der Waals surface area (Å²) in [6.45, 7) is 0.277. The van der Waals surface area contributed by atoms with Crippen molar-refractivity contribution in [3.8, 4) is 0 Å². The molecule has 0 fully saturated rings. The molecule has 5 N–H and O–H groups in total. The Balaban J connectivity index is 2.20. The van der Waals surface area contributed by atoms with Crippen molar-refractivity contribution >= 4 is 34.8 Å². The zero-order valence-corrected chi connectivity index (χ0v) is 12.6. The minimum Gasteiger partial charge on any atom is -0.366 e. The van der Waals surface area contributed by atoms with Crippen LogP contribution in [0.5, 0.6) is 0 Å². The van der Waals surface area contributed by atoms with E-state index in [2.05, 4.69) is 5.32 Å². The summed E-state index contributed by atoms with van der Waals surface area (Å²) >= 11 is 7.39. The third kappa shape index (κ3) is 3.60. The Hall–Kier alpha value is -1.89. The molecule has 7 heteroatoms. The number of hydrogen-bond acceptors (Lipinski definition) is 4. The van der Waals surface area contributed by atoms with Crippen LogP contribution in [-0.2, 0) is 0 Å². The quantitative estimate of drug-likeness (QED) is 0.784. The number of thiophene rings is 1. The molecular formula is C14H14ClN3O2S. The maximum absolute atomic E-state index is 12.2. The second-order valence-corrected chi connectivity index (χ2v) is 5.56. The van der Waals surface area contributed by atoms with Gasteiger partial charge in [0, 0.05) is 12.1 Å². The number of carbonyl (C=O) groups excluding carboxylic acids is 2. The van der Waals surface area contributed by atoms with Crippen LogP contribution >= 0.6 is 22.9 Å². The van der Waals surface area contributed by atoms with Gasteiger partial charge in [-0.2, -0.15) is 11.3 Å². The molecule has 0 aliphatic carbocycles. The van der Waals surface area contributed by atoms with Crippen molar-refractivity contribution in [2.75, 3.05) is 6.54 Å². The van der Waals surface area contributed by atoms with Crippen molar-refractivity contribution in [3.05, 3.63) is 56.7 Å². The molecule has 110 valence electrons. The summed E-state index contributed by atoms with van der Waals surface area (Å²) in [7, 11) is 0. The maximum atomic E-state index is 12.2. The van der Waals surface area contributed by atoms with Gasteiger partial charge < -0.3 is 16.8 Å². The SMILES string of the molecule is NCC(NC(=O)c1ccc(Cl)c(C(N)=O)c1)c1ccsc1. The molecule has 0 saturated carbocycles. The molecule has 0 radical (unpaired) electrons. The highest BCUT2D eigenvalue weighted by atomic mass is 35.5. The van der Waals surface area contributed by atoms with E-state index in [1.165, 1.54) is 29.5 Å². The second kappa shape index (κ2) is 6.71. The normalized spacial score (nSPS) is 11.9. The van der Waals surface area contributed by atoms with Crippen LogP contribution in [0.25, 0.3) is 0 Å². The molecule has 0 spiro atoms. The first-order chi connectivity index (χ1) is 10.0. The lowest BCUT2D eigenvalue weighted by Crippen LogP contribution is -2.33. The van der Waals surface area contributed by atoms with E-state index in [0.29, 0.717) is 5.56 Å². The Kier molecular flexibility index (Phi) is 4.95. The van der Waals surface area contributed by atoms with Crippen LogP contribution in [0.3, 0.4) is 0 Å². The van der Waals surface area contributed by atoms with Crippen LogP contribution in [0, 0.1) is 0 Å². The summed E-state index contributed by atoms with van der Waals surface area (Å²) < 4.78 is 0. The number of nitrogens with two attached hydrogens (primary N) is 2. The lowest BCUT2D eigenvalue weighted by atomic mass is 10.1. The van der Waals surface area contributed by atoms with Crippen molar-refractivity contribution < 1.29 is 9.59 Å². The van der Waals surface area contributed by atoms with Gasteiger partial charge in [-0.25, -0.2) is 0 Å². The summed E-state index contributed by atoms with van der Waals surface area (Å²) in [5.41, 5.74) is 12.3. The zero-order valence-electron chi connectivity index (χ0n) is 11.0. The van der Waals surface area contributed by atoms with Crippen LogP contribution in [-0.4, -0.2) is 18.4 Å². The molecule has 2 rings (SSSR count). The van der Waals surface area contributed by atoms with E-state index in [1.54, 1.807) is 0 Å². The van der Waals surface area contributed by atoms with Gasteiger partial charge in [0.2, 0.25) is 5.91 Å². The summed E-state index contributed by atoms with van der Waals surface area (Å²) in [6.07, 6.45) is 0. The number of hydrogen-bond donors (Lipinski definition) is 3. The fraction of sp³-hybridized carbons (Fsp3) is 0.143. The monoisotopic (exact) mass is 323 g/mol. The van der Waals surface area contributed by atoms with E-state index < -0.39 is 5.91 Å². The van der Waals surface area contributed by atoms with Gasteiger partial charge >= 0.3 is 0 Å². The molecule has 0 aliphatic rings. The Bertz CT molecular complexity index is 658. The summed E-state index contributed by atoms with van der Waals surface area (Å²) in [5.74, 6) is -1.02. The van der Waals surface area contributed by atoms with Gasteiger partial charge in [-0.05, 0) is 40.6 Å². The highest BCUT2D eigenvalue weighted by Crippen LogP contribution is 2.19. The van der Waals surface area contributed by atoms with Crippen molar-refractivity contribution in [2.45, 2.75) is 6.04 Å². The molecule has 21 heavy (non-hydrogen) atoms. The van der Waals surface area contributed by atoms with Gasteiger partial charge in [-0.3, -0.25) is 9.59 Å². The summed E-state index contributed by atoms with van der Waals surface area (Å²) in [4.78, 5) is 23.5. The number of primary amides is 1. The van der Waals surface area contributed by atoms with Gasteiger partial charge in [-0.1, -0.05) is 11.6 Å². The van der Waals surface area contributed by atoms with Gasteiger partial charge in [0.25, 0.3) is 5.91 Å². The first-order valence-corrected chi connectivity index (χ1v) is 7.47. The third-order valence-electron chi connectivity index (χ3n) is 2.98. The molecule has 1 heterocycles. The average molecular weight is 324 g/mol. The Morgan fingerprint density at radius 2 is 2.10 bits per heavy atom. The Morgan fingerprint density at radius 3 is 2.67 bits per heavy atom.